The summed E-state index contributed by atoms with van der Waals surface area (Å²) < 4.78 is 0. The molecular weight excluding hydrogens is 302 g/mol. The first-order chi connectivity index (χ1) is 11.6. The van der Waals surface area contributed by atoms with Gasteiger partial charge >= 0.3 is 0 Å². The van der Waals surface area contributed by atoms with Gasteiger partial charge in [-0.2, -0.15) is 5.10 Å². The Morgan fingerprint density at radius 2 is 1.62 bits per heavy atom. The zero-order valence-corrected chi connectivity index (χ0v) is 13.5. The summed E-state index contributed by atoms with van der Waals surface area (Å²) >= 11 is 0. The molecule has 0 bridgehead atoms. The summed E-state index contributed by atoms with van der Waals surface area (Å²) in [4.78, 5) is 23.7. The van der Waals surface area contributed by atoms with Crippen molar-refractivity contribution in [2.45, 2.75) is 19.8 Å². The van der Waals surface area contributed by atoms with Crippen molar-refractivity contribution in [3.05, 3.63) is 65.7 Å². The minimum atomic E-state index is -0.247. The highest BCUT2D eigenvalue weighted by molar-refractivity contribution is 6.01. The van der Waals surface area contributed by atoms with Gasteiger partial charge in [0.2, 0.25) is 5.91 Å². The number of hydrazone groups is 1. The van der Waals surface area contributed by atoms with E-state index in [1.54, 1.807) is 24.3 Å². The third kappa shape index (κ3) is 4.07. The Hall–Kier alpha value is -2.95. The van der Waals surface area contributed by atoms with Crippen LogP contribution in [0.1, 0.15) is 35.7 Å². The SMILES string of the molecule is C/C(=N/NC(=O)c1ccccc1)c1ccc(NC(=O)C2CC2)cc1. The molecule has 0 radical (unpaired) electrons. The summed E-state index contributed by atoms with van der Waals surface area (Å²) in [5.74, 6) is 0.0210. The molecule has 0 saturated heterocycles. The molecule has 0 heterocycles. The number of carbonyl (C=O) groups is 2. The van der Waals surface area contributed by atoms with Gasteiger partial charge in [0.1, 0.15) is 0 Å². The Balaban J connectivity index is 1.60. The van der Waals surface area contributed by atoms with E-state index < -0.39 is 0 Å². The molecule has 0 aliphatic heterocycles. The smallest absolute Gasteiger partial charge is 0.271 e. The van der Waals surface area contributed by atoms with Crippen LogP contribution in [0.15, 0.2) is 59.7 Å². The van der Waals surface area contributed by atoms with E-state index in [4.69, 9.17) is 0 Å². The molecule has 1 aliphatic carbocycles. The lowest BCUT2D eigenvalue weighted by molar-refractivity contribution is -0.117. The number of benzene rings is 2. The Morgan fingerprint density at radius 3 is 2.25 bits per heavy atom. The third-order valence-electron chi connectivity index (χ3n) is 3.88. The van der Waals surface area contributed by atoms with Gasteiger partial charge < -0.3 is 5.32 Å². The summed E-state index contributed by atoms with van der Waals surface area (Å²) in [5.41, 5.74) is 5.46. The third-order valence-corrected chi connectivity index (χ3v) is 3.88. The maximum Gasteiger partial charge on any atom is 0.271 e. The fourth-order valence-corrected chi connectivity index (χ4v) is 2.24. The first-order valence-corrected chi connectivity index (χ1v) is 7.94. The topological polar surface area (TPSA) is 70.6 Å². The minimum absolute atomic E-state index is 0.0864. The summed E-state index contributed by atoms with van der Waals surface area (Å²) in [6.07, 6.45) is 1.97. The number of nitrogens with zero attached hydrogens (tertiary/aromatic N) is 1. The van der Waals surface area contributed by atoms with E-state index in [1.165, 1.54) is 0 Å². The van der Waals surface area contributed by atoms with Crippen LogP contribution in [0.2, 0.25) is 0 Å². The summed E-state index contributed by atoms with van der Waals surface area (Å²) in [5, 5.41) is 7.02. The fraction of sp³-hybridized carbons (Fsp3) is 0.211. The van der Waals surface area contributed by atoms with Crippen LogP contribution < -0.4 is 10.7 Å². The summed E-state index contributed by atoms with van der Waals surface area (Å²) in [7, 11) is 0. The molecule has 122 valence electrons. The second kappa shape index (κ2) is 7.08. The van der Waals surface area contributed by atoms with Crippen molar-refractivity contribution in [2.24, 2.45) is 11.0 Å². The molecule has 5 nitrogen and oxygen atoms in total. The number of hydrogen-bond donors (Lipinski definition) is 2. The number of anilines is 1. The number of carbonyl (C=O) groups excluding carboxylic acids is 2. The highest BCUT2D eigenvalue weighted by atomic mass is 16.2. The van der Waals surface area contributed by atoms with E-state index >= 15 is 0 Å². The number of nitrogens with one attached hydrogen (secondary N) is 2. The quantitative estimate of drug-likeness (QED) is 0.656. The second-order valence-electron chi connectivity index (χ2n) is 5.85. The summed E-state index contributed by atoms with van der Waals surface area (Å²) in [6, 6.07) is 16.4. The molecule has 0 spiro atoms. The van der Waals surface area contributed by atoms with Crippen molar-refractivity contribution >= 4 is 23.2 Å². The lowest BCUT2D eigenvalue weighted by Gasteiger charge is -2.06. The molecule has 1 saturated carbocycles. The number of amides is 2. The van der Waals surface area contributed by atoms with Crippen molar-refractivity contribution < 1.29 is 9.59 Å². The molecule has 1 fully saturated rings. The maximum absolute atomic E-state index is 12.0. The molecule has 1 aliphatic rings. The van der Waals surface area contributed by atoms with E-state index in [-0.39, 0.29) is 17.7 Å². The van der Waals surface area contributed by atoms with E-state index in [1.807, 2.05) is 37.3 Å². The van der Waals surface area contributed by atoms with E-state index in [9.17, 15) is 9.59 Å². The Morgan fingerprint density at radius 1 is 0.958 bits per heavy atom. The van der Waals surface area contributed by atoms with Crippen molar-refractivity contribution in [3.8, 4) is 0 Å². The standard InChI is InChI=1S/C19H19N3O2/c1-13(21-22-19(24)15-5-3-2-4-6-15)14-9-11-17(12-10-14)20-18(23)16-7-8-16/h2-6,9-12,16H,7-8H2,1H3,(H,20,23)(H,22,24)/b21-13-. The molecule has 0 unspecified atom stereocenters. The molecule has 5 heteroatoms. The number of rotatable bonds is 5. The fourth-order valence-electron chi connectivity index (χ4n) is 2.24. The first-order valence-electron chi connectivity index (χ1n) is 7.94. The van der Waals surface area contributed by atoms with Crippen molar-refractivity contribution in [3.63, 3.8) is 0 Å². The number of hydrogen-bond acceptors (Lipinski definition) is 3. The Bertz CT molecular complexity index is 763. The van der Waals surface area contributed by atoms with Crippen molar-refractivity contribution in [2.75, 3.05) is 5.32 Å². The first kappa shape index (κ1) is 15.9. The van der Waals surface area contributed by atoms with Gasteiger partial charge in [-0.05, 0) is 49.6 Å². The molecule has 3 rings (SSSR count). The average molecular weight is 321 g/mol. The van der Waals surface area contributed by atoms with Gasteiger partial charge in [-0.1, -0.05) is 30.3 Å². The highest BCUT2D eigenvalue weighted by Gasteiger charge is 2.29. The van der Waals surface area contributed by atoms with Crippen LogP contribution in [-0.4, -0.2) is 17.5 Å². The predicted octanol–water partition coefficient (Wildman–Crippen LogP) is 3.19. The van der Waals surface area contributed by atoms with E-state index in [2.05, 4.69) is 15.8 Å². The van der Waals surface area contributed by atoms with Crippen molar-refractivity contribution in [1.82, 2.24) is 5.43 Å². The molecule has 24 heavy (non-hydrogen) atoms. The molecule has 0 atom stereocenters. The Kier molecular flexibility index (Phi) is 4.70. The van der Waals surface area contributed by atoms with Crippen LogP contribution in [0.25, 0.3) is 0 Å². The van der Waals surface area contributed by atoms with Crippen LogP contribution in [-0.2, 0) is 4.79 Å². The monoisotopic (exact) mass is 321 g/mol. The molecular formula is C19H19N3O2. The second-order valence-corrected chi connectivity index (χ2v) is 5.85. The van der Waals surface area contributed by atoms with Crippen LogP contribution in [0.3, 0.4) is 0 Å². The predicted molar refractivity (Wildman–Crippen MR) is 93.9 cm³/mol. The van der Waals surface area contributed by atoms with Crippen LogP contribution in [0.4, 0.5) is 5.69 Å². The molecule has 2 N–H and O–H groups in total. The molecule has 2 aromatic rings. The Labute approximate surface area is 140 Å². The van der Waals surface area contributed by atoms with Gasteiger partial charge in [0, 0.05) is 17.2 Å². The lowest BCUT2D eigenvalue weighted by Crippen LogP contribution is -2.19. The average Bonchev–Trinajstić information content (AvgIpc) is 3.46. The minimum Gasteiger partial charge on any atom is -0.326 e. The molecule has 2 aromatic carbocycles. The lowest BCUT2D eigenvalue weighted by atomic mass is 10.1. The van der Waals surface area contributed by atoms with Gasteiger partial charge in [0.15, 0.2) is 0 Å². The molecule has 2 amide bonds. The van der Waals surface area contributed by atoms with Gasteiger partial charge in [0.25, 0.3) is 5.91 Å². The van der Waals surface area contributed by atoms with Crippen molar-refractivity contribution in [1.29, 1.82) is 0 Å². The molecule has 0 aromatic heterocycles. The largest absolute Gasteiger partial charge is 0.326 e. The highest BCUT2D eigenvalue weighted by Crippen LogP contribution is 2.30. The van der Waals surface area contributed by atoms with Crippen LogP contribution in [0.5, 0.6) is 0 Å². The van der Waals surface area contributed by atoms with E-state index in [0.29, 0.717) is 11.3 Å². The van der Waals surface area contributed by atoms with Crippen LogP contribution >= 0.6 is 0 Å². The van der Waals surface area contributed by atoms with Gasteiger partial charge in [-0.25, -0.2) is 5.43 Å². The normalized spacial score (nSPS) is 14.1. The van der Waals surface area contributed by atoms with Gasteiger partial charge in [-0.3, -0.25) is 9.59 Å². The zero-order valence-electron chi connectivity index (χ0n) is 13.5. The zero-order chi connectivity index (χ0) is 16.9. The summed E-state index contributed by atoms with van der Waals surface area (Å²) in [6.45, 7) is 1.82. The maximum atomic E-state index is 12.0. The van der Waals surface area contributed by atoms with E-state index in [0.717, 1.165) is 24.1 Å². The van der Waals surface area contributed by atoms with Crippen LogP contribution in [0, 0.1) is 5.92 Å². The van der Waals surface area contributed by atoms with Gasteiger partial charge in [0.05, 0.1) is 5.71 Å². The van der Waals surface area contributed by atoms with Gasteiger partial charge in [-0.15, -0.1) is 0 Å².